The molecule has 0 radical (unpaired) electrons. The number of carbonyl (C=O) groups is 1. The van der Waals surface area contributed by atoms with E-state index in [4.69, 9.17) is 5.11 Å². The van der Waals surface area contributed by atoms with Gasteiger partial charge in [0, 0.05) is 13.1 Å². The van der Waals surface area contributed by atoms with Crippen LogP contribution in [-0.2, 0) is 4.79 Å². The number of aliphatic hydroxyl groups is 1. The number of hydrogen-bond donors (Lipinski definition) is 3. The minimum Gasteiger partial charge on any atom is -0.390 e. The maximum absolute atomic E-state index is 11.6. The van der Waals surface area contributed by atoms with E-state index in [1.807, 2.05) is 18.7 Å². The molecule has 88 valence electrons. The van der Waals surface area contributed by atoms with Crippen LogP contribution < -0.4 is 5.32 Å². The highest BCUT2D eigenvalue weighted by atomic mass is 16.3. The molecule has 1 saturated heterocycles. The number of carbonyl (C=O) groups excluding carboxylic acids is 1. The molecule has 2 rings (SSSR count). The van der Waals surface area contributed by atoms with E-state index in [0.29, 0.717) is 19.6 Å². The number of β-amino-alcohol motifs (C(OH)–C–C–N with tert-alkyl or cyclic N) is 1. The van der Waals surface area contributed by atoms with Gasteiger partial charge in [-0.1, -0.05) is 0 Å². The molecule has 1 amide bonds. The Hall–Kier alpha value is -1.40. The van der Waals surface area contributed by atoms with E-state index in [2.05, 4.69) is 15.5 Å². The lowest BCUT2D eigenvalue weighted by molar-refractivity contribution is -0.119. The second-order valence-electron chi connectivity index (χ2n) is 4.21. The highest BCUT2D eigenvalue weighted by Gasteiger charge is 2.26. The predicted octanol–water partition coefficient (Wildman–Crippen LogP) is -0.358. The summed E-state index contributed by atoms with van der Waals surface area (Å²) in [5, 5.41) is 18.7. The van der Waals surface area contributed by atoms with Crippen molar-refractivity contribution in [3.05, 3.63) is 11.4 Å². The van der Waals surface area contributed by atoms with Gasteiger partial charge in [0.1, 0.15) is 0 Å². The molecule has 16 heavy (non-hydrogen) atoms. The Bertz CT molecular complexity index is 376. The van der Waals surface area contributed by atoms with E-state index in [9.17, 15) is 4.79 Å². The van der Waals surface area contributed by atoms with Gasteiger partial charge < -0.3 is 10.4 Å². The fraction of sp³-hybridized carbons (Fsp3) is 0.600. The zero-order valence-electron chi connectivity index (χ0n) is 9.45. The number of nitrogens with zero attached hydrogens (tertiary/aromatic N) is 2. The Labute approximate surface area is 93.6 Å². The summed E-state index contributed by atoms with van der Waals surface area (Å²) in [4.78, 5) is 13.5. The molecule has 0 atom stereocenters. The normalized spacial score (nSPS) is 17.2. The number of amides is 1. The van der Waals surface area contributed by atoms with Crippen molar-refractivity contribution < 1.29 is 9.90 Å². The van der Waals surface area contributed by atoms with Crippen LogP contribution in [0.1, 0.15) is 11.4 Å². The van der Waals surface area contributed by atoms with Crippen LogP contribution >= 0.6 is 0 Å². The molecule has 2 heterocycles. The van der Waals surface area contributed by atoms with Crippen molar-refractivity contribution in [1.29, 1.82) is 0 Å². The number of likely N-dealkylation sites (tertiary alicyclic amines) is 1. The van der Waals surface area contributed by atoms with Crippen molar-refractivity contribution in [2.75, 3.05) is 25.0 Å². The van der Waals surface area contributed by atoms with Crippen LogP contribution in [0.5, 0.6) is 0 Å². The minimum atomic E-state index is -0.273. The van der Waals surface area contributed by atoms with Crippen LogP contribution in [0.3, 0.4) is 0 Å². The minimum absolute atomic E-state index is 0.0699. The summed E-state index contributed by atoms with van der Waals surface area (Å²) in [6.45, 7) is 5.18. The van der Waals surface area contributed by atoms with Crippen LogP contribution in [0, 0.1) is 13.8 Å². The van der Waals surface area contributed by atoms with E-state index in [1.54, 1.807) is 0 Å². The quantitative estimate of drug-likeness (QED) is 0.655. The standard InChI is InChI=1S/C10H16N4O2/c1-6-10(7(2)13-12-6)11-9(16)5-14-3-8(15)4-14/h8,15H,3-5H2,1-2H3,(H,11,16)(H,12,13). The average molecular weight is 224 g/mol. The molecule has 0 spiro atoms. The lowest BCUT2D eigenvalue weighted by Gasteiger charge is -2.34. The van der Waals surface area contributed by atoms with Crippen LogP contribution in [0.25, 0.3) is 0 Å². The van der Waals surface area contributed by atoms with Gasteiger partial charge in [-0.05, 0) is 13.8 Å². The second-order valence-corrected chi connectivity index (χ2v) is 4.21. The molecule has 6 nitrogen and oxygen atoms in total. The molecule has 0 saturated carbocycles. The maximum atomic E-state index is 11.6. The van der Waals surface area contributed by atoms with E-state index in [-0.39, 0.29) is 12.0 Å². The molecule has 1 fully saturated rings. The third-order valence-corrected chi connectivity index (χ3v) is 2.70. The molecule has 1 aromatic rings. The summed E-state index contributed by atoms with van der Waals surface area (Å²) in [6.07, 6.45) is -0.273. The smallest absolute Gasteiger partial charge is 0.238 e. The largest absolute Gasteiger partial charge is 0.390 e. The SMILES string of the molecule is Cc1n[nH]c(C)c1NC(=O)CN1CC(O)C1. The maximum Gasteiger partial charge on any atom is 0.238 e. The topological polar surface area (TPSA) is 81.2 Å². The molecule has 1 aliphatic heterocycles. The summed E-state index contributed by atoms with van der Waals surface area (Å²) in [7, 11) is 0. The van der Waals surface area contributed by atoms with Crippen LogP contribution in [-0.4, -0.2) is 51.8 Å². The molecule has 1 aliphatic rings. The highest BCUT2D eigenvalue weighted by molar-refractivity contribution is 5.93. The molecule has 0 aromatic carbocycles. The van der Waals surface area contributed by atoms with Crippen molar-refractivity contribution in [2.24, 2.45) is 0 Å². The van der Waals surface area contributed by atoms with Gasteiger partial charge >= 0.3 is 0 Å². The zero-order valence-corrected chi connectivity index (χ0v) is 9.45. The number of nitrogens with one attached hydrogen (secondary N) is 2. The van der Waals surface area contributed by atoms with E-state index in [1.165, 1.54) is 0 Å². The van der Waals surface area contributed by atoms with Gasteiger partial charge in [0.15, 0.2) is 0 Å². The van der Waals surface area contributed by atoms with Gasteiger partial charge in [0.05, 0.1) is 29.7 Å². The van der Waals surface area contributed by atoms with Crippen molar-refractivity contribution in [2.45, 2.75) is 20.0 Å². The fourth-order valence-electron chi connectivity index (χ4n) is 1.79. The van der Waals surface area contributed by atoms with Crippen molar-refractivity contribution in [3.8, 4) is 0 Å². The number of anilines is 1. The van der Waals surface area contributed by atoms with Crippen LogP contribution in [0.4, 0.5) is 5.69 Å². The molecule has 0 unspecified atom stereocenters. The van der Waals surface area contributed by atoms with E-state index >= 15 is 0 Å². The lowest BCUT2D eigenvalue weighted by atomic mass is 10.2. The third-order valence-electron chi connectivity index (χ3n) is 2.70. The number of aliphatic hydroxyl groups excluding tert-OH is 1. The molecule has 0 bridgehead atoms. The molecule has 0 aliphatic carbocycles. The summed E-state index contributed by atoms with van der Waals surface area (Å²) in [5.74, 6) is -0.0699. The summed E-state index contributed by atoms with van der Waals surface area (Å²) >= 11 is 0. The van der Waals surface area contributed by atoms with Gasteiger partial charge in [0.25, 0.3) is 0 Å². The zero-order chi connectivity index (χ0) is 11.7. The average Bonchev–Trinajstić information content (AvgIpc) is 2.47. The summed E-state index contributed by atoms with van der Waals surface area (Å²) in [5.41, 5.74) is 2.40. The summed E-state index contributed by atoms with van der Waals surface area (Å²) in [6, 6.07) is 0. The third kappa shape index (κ3) is 2.23. The van der Waals surface area contributed by atoms with Crippen molar-refractivity contribution in [3.63, 3.8) is 0 Å². The Balaban J connectivity index is 1.88. The molecule has 6 heteroatoms. The molecular formula is C10H16N4O2. The Kier molecular flexibility index (Phi) is 2.93. The van der Waals surface area contributed by atoms with Gasteiger partial charge in [-0.15, -0.1) is 0 Å². The van der Waals surface area contributed by atoms with Crippen molar-refractivity contribution in [1.82, 2.24) is 15.1 Å². The second kappa shape index (κ2) is 4.23. The predicted molar refractivity (Wildman–Crippen MR) is 59.1 cm³/mol. The number of aromatic nitrogens is 2. The summed E-state index contributed by atoms with van der Waals surface area (Å²) < 4.78 is 0. The first kappa shape index (κ1) is 11.1. The lowest BCUT2D eigenvalue weighted by Crippen LogP contribution is -2.53. The van der Waals surface area contributed by atoms with Gasteiger partial charge in [-0.25, -0.2) is 0 Å². The Morgan fingerprint density at radius 2 is 2.31 bits per heavy atom. The van der Waals surface area contributed by atoms with Gasteiger partial charge in [-0.3, -0.25) is 14.8 Å². The Morgan fingerprint density at radius 1 is 1.62 bits per heavy atom. The monoisotopic (exact) mass is 224 g/mol. The van der Waals surface area contributed by atoms with Crippen LogP contribution in [0.15, 0.2) is 0 Å². The number of aromatic amines is 1. The first-order valence-electron chi connectivity index (χ1n) is 5.28. The van der Waals surface area contributed by atoms with E-state index in [0.717, 1.165) is 17.1 Å². The first-order valence-corrected chi connectivity index (χ1v) is 5.28. The number of hydrogen-bond acceptors (Lipinski definition) is 4. The molecular weight excluding hydrogens is 208 g/mol. The Morgan fingerprint density at radius 3 is 2.81 bits per heavy atom. The van der Waals surface area contributed by atoms with Gasteiger partial charge in [0.2, 0.25) is 5.91 Å². The number of H-pyrrole nitrogens is 1. The first-order chi connectivity index (χ1) is 7.56. The molecule has 3 N–H and O–H groups in total. The highest BCUT2D eigenvalue weighted by Crippen LogP contribution is 2.16. The van der Waals surface area contributed by atoms with Crippen molar-refractivity contribution >= 4 is 11.6 Å². The fourth-order valence-corrected chi connectivity index (χ4v) is 1.79. The molecule has 1 aromatic heterocycles. The van der Waals surface area contributed by atoms with Crippen LogP contribution in [0.2, 0.25) is 0 Å². The number of rotatable bonds is 3. The van der Waals surface area contributed by atoms with Gasteiger partial charge in [-0.2, -0.15) is 5.10 Å². The van der Waals surface area contributed by atoms with E-state index < -0.39 is 0 Å². The number of aryl methyl sites for hydroxylation is 2.